The van der Waals surface area contributed by atoms with E-state index in [0.717, 1.165) is 11.3 Å². The molecule has 1 rings (SSSR count). The maximum atomic E-state index is 11.6. The van der Waals surface area contributed by atoms with Crippen LogP contribution >= 0.6 is 0 Å². The quantitative estimate of drug-likeness (QED) is 0.784. The summed E-state index contributed by atoms with van der Waals surface area (Å²) in [6.07, 6.45) is 1.77. The largest absolute Gasteiger partial charge is 0.369 e. The number of pyridine rings is 1. The number of carbonyl (C=O) groups excluding carboxylic acids is 1. The molecule has 0 amide bonds. The standard InChI is InChI=1S/C13H19NO2/c1-10-5-6-11(7-14-10)8-16-9-12(15)13(2,3)4/h5-7H,8-9H2,1-4H3. The molecule has 0 aliphatic carbocycles. The Morgan fingerprint density at radius 3 is 2.56 bits per heavy atom. The predicted octanol–water partition coefficient (Wildman–Crippen LogP) is 2.52. The highest BCUT2D eigenvalue weighted by atomic mass is 16.5. The number of ether oxygens (including phenoxy) is 1. The van der Waals surface area contributed by atoms with Crippen LogP contribution < -0.4 is 0 Å². The summed E-state index contributed by atoms with van der Waals surface area (Å²) >= 11 is 0. The van der Waals surface area contributed by atoms with E-state index in [1.807, 2.05) is 39.8 Å². The number of rotatable bonds is 4. The monoisotopic (exact) mass is 221 g/mol. The first-order chi connectivity index (χ1) is 7.39. The summed E-state index contributed by atoms with van der Waals surface area (Å²) in [5, 5.41) is 0. The SMILES string of the molecule is Cc1ccc(COCC(=O)C(C)(C)C)cn1. The van der Waals surface area contributed by atoms with Gasteiger partial charge in [-0.25, -0.2) is 0 Å². The van der Waals surface area contributed by atoms with E-state index >= 15 is 0 Å². The van der Waals surface area contributed by atoms with Crippen LogP contribution in [0.1, 0.15) is 32.0 Å². The Kier molecular flexibility index (Phi) is 4.19. The summed E-state index contributed by atoms with van der Waals surface area (Å²) < 4.78 is 5.36. The number of aryl methyl sites for hydroxylation is 1. The van der Waals surface area contributed by atoms with Gasteiger partial charge in [-0.1, -0.05) is 26.8 Å². The number of carbonyl (C=O) groups is 1. The van der Waals surface area contributed by atoms with Crippen molar-refractivity contribution in [3.8, 4) is 0 Å². The fourth-order valence-corrected chi connectivity index (χ4v) is 1.06. The van der Waals surface area contributed by atoms with E-state index in [9.17, 15) is 4.79 Å². The number of hydrogen-bond donors (Lipinski definition) is 0. The molecule has 0 aromatic carbocycles. The van der Waals surface area contributed by atoms with Gasteiger partial charge in [0.1, 0.15) is 6.61 Å². The number of aromatic nitrogens is 1. The molecule has 0 aliphatic rings. The van der Waals surface area contributed by atoms with Crippen LogP contribution in [0.15, 0.2) is 18.3 Å². The maximum absolute atomic E-state index is 11.6. The molecular weight excluding hydrogens is 202 g/mol. The van der Waals surface area contributed by atoms with Crippen LogP contribution in [0.4, 0.5) is 0 Å². The van der Waals surface area contributed by atoms with E-state index in [1.54, 1.807) is 6.20 Å². The van der Waals surface area contributed by atoms with Gasteiger partial charge in [-0.3, -0.25) is 9.78 Å². The first-order valence-electron chi connectivity index (χ1n) is 5.42. The van der Waals surface area contributed by atoms with Crippen molar-refractivity contribution in [1.29, 1.82) is 0 Å². The Bertz CT molecular complexity index is 349. The number of nitrogens with zero attached hydrogens (tertiary/aromatic N) is 1. The lowest BCUT2D eigenvalue weighted by molar-refractivity contribution is -0.131. The summed E-state index contributed by atoms with van der Waals surface area (Å²) in [6, 6.07) is 3.90. The second-order valence-corrected chi connectivity index (χ2v) is 4.97. The lowest BCUT2D eigenvalue weighted by Crippen LogP contribution is -2.24. The average Bonchev–Trinajstić information content (AvgIpc) is 2.19. The summed E-state index contributed by atoms with van der Waals surface area (Å²) in [7, 11) is 0. The van der Waals surface area contributed by atoms with Crippen LogP contribution in [0.2, 0.25) is 0 Å². The Morgan fingerprint density at radius 2 is 2.06 bits per heavy atom. The molecule has 1 heterocycles. The Balaban J connectivity index is 2.36. The minimum absolute atomic E-state index is 0.118. The number of Topliss-reactive ketones (excluding diaryl/α,β-unsaturated/α-hetero) is 1. The topological polar surface area (TPSA) is 39.2 Å². The van der Waals surface area contributed by atoms with Crippen molar-refractivity contribution >= 4 is 5.78 Å². The lowest BCUT2D eigenvalue weighted by Gasteiger charge is -2.16. The molecule has 88 valence electrons. The zero-order valence-electron chi connectivity index (χ0n) is 10.4. The van der Waals surface area contributed by atoms with Gasteiger partial charge < -0.3 is 4.74 Å². The van der Waals surface area contributed by atoms with Gasteiger partial charge in [0.25, 0.3) is 0 Å². The van der Waals surface area contributed by atoms with Gasteiger partial charge >= 0.3 is 0 Å². The first kappa shape index (κ1) is 12.8. The van der Waals surface area contributed by atoms with E-state index < -0.39 is 0 Å². The summed E-state index contributed by atoms with van der Waals surface area (Å²) in [4.78, 5) is 15.7. The molecule has 0 saturated carbocycles. The smallest absolute Gasteiger partial charge is 0.163 e. The molecule has 1 aromatic heterocycles. The molecule has 0 aliphatic heterocycles. The molecule has 0 fully saturated rings. The molecule has 0 saturated heterocycles. The van der Waals surface area contributed by atoms with Crippen LogP contribution in [0.3, 0.4) is 0 Å². The lowest BCUT2D eigenvalue weighted by atomic mass is 9.91. The molecule has 0 atom stereocenters. The fourth-order valence-electron chi connectivity index (χ4n) is 1.06. The van der Waals surface area contributed by atoms with Gasteiger partial charge in [0.2, 0.25) is 0 Å². The third-order valence-electron chi connectivity index (χ3n) is 2.31. The van der Waals surface area contributed by atoms with Crippen molar-refractivity contribution in [2.45, 2.75) is 34.3 Å². The van der Waals surface area contributed by atoms with Gasteiger partial charge in [0, 0.05) is 17.3 Å². The highest BCUT2D eigenvalue weighted by molar-refractivity contribution is 5.84. The second-order valence-electron chi connectivity index (χ2n) is 4.97. The minimum Gasteiger partial charge on any atom is -0.369 e. The minimum atomic E-state index is -0.328. The molecule has 16 heavy (non-hydrogen) atoms. The summed E-state index contributed by atoms with van der Waals surface area (Å²) in [5.74, 6) is 0.118. The number of hydrogen-bond acceptors (Lipinski definition) is 3. The Labute approximate surface area is 96.8 Å². The molecule has 1 aromatic rings. The average molecular weight is 221 g/mol. The fraction of sp³-hybridized carbons (Fsp3) is 0.538. The molecule has 0 N–H and O–H groups in total. The third-order valence-corrected chi connectivity index (χ3v) is 2.31. The summed E-state index contributed by atoms with van der Waals surface area (Å²) in [5.41, 5.74) is 1.65. The first-order valence-corrected chi connectivity index (χ1v) is 5.42. The number of ketones is 1. The van der Waals surface area contributed by atoms with Crippen LogP contribution in [0.5, 0.6) is 0 Å². The van der Waals surface area contributed by atoms with Crippen LogP contribution in [-0.4, -0.2) is 17.4 Å². The second kappa shape index (κ2) is 5.21. The van der Waals surface area contributed by atoms with E-state index in [0.29, 0.717) is 6.61 Å². The normalized spacial score (nSPS) is 11.5. The van der Waals surface area contributed by atoms with Gasteiger partial charge in [-0.05, 0) is 18.6 Å². The summed E-state index contributed by atoms with van der Waals surface area (Å²) in [6.45, 7) is 8.23. The van der Waals surface area contributed by atoms with Crippen molar-refractivity contribution in [1.82, 2.24) is 4.98 Å². The van der Waals surface area contributed by atoms with Crippen molar-refractivity contribution in [3.63, 3.8) is 0 Å². The van der Waals surface area contributed by atoms with Crippen LogP contribution in [0, 0.1) is 12.3 Å². The molecular formula is C13H19NO2. The Hall–Kier alpha value is -1.22. The van der Waals surface area contributed by atoms with Crippen molar-refractivity contribution in [3.05, 3.63) is 29.6 Å². The van der Waals surface area contributed by atoms with E-state index in [2.05, 4.69) is 4.98 Å². The van der Waals surface area contributed by atoms with E-state index in [4.69, 9.17) is 4.74 Å². The molecule has 3 nitrogen and oxygen atoms in total. The van der Waals surface area contributed by atoms with E-state index in [1.165, 1.54) is 0 Å². The molecule has 0 spiro atoms. The zero-order chi connectivity index (χ0) is 12.2. The van der Waals surface area contributed by atoms with Gasteiger partial charge in [-0.2, -0.15) is 0 Å². The van der Waals surface area contributed by atoms with Crippen molar-refractivity contribution < 1.29 is 9.53 Å². The maximum Gasteiger partial charge on any atom is 0.163 e. The van der Waals surface area contributed by atoms with Gasteiger partial charge in [0.05, 0.1) is 6.61 Å². The zero-order valence-corrected chi connectivity index (χ0v) is 10.4. The predicted molar refractivity (Wildman–Crippen MR) is 63.1 cm³/mol. The molecule has 0 unspecified atom stereocenters. The Morgan fingerprint density at radius 1 is 1.38 bits per heavy atom. The third kappa shape index (κ3) is 4.11. The molecule has 3 heteroatoms. The molecule has 0 bridgehead atoms. The van der Waals surface area contributed by atoms with Gasteiger partial charge in [0.15, 0.2) is 5.78 Å². The van der Waals surface area contributed by atoms with Crippen LogP contribution in [-0.2, 0) is 16.1 Å². The highest BCUT2D eigenvalue weighted by Crippen LogP contribution is 2.14. The van der Waals surface area contributed by atoms with Crippen molar-refractivity contribution in [2.24, 2.45) is 5.41 Å². The highest BCUT2D eigenvalue weighted by Gasteiger charge is 2.20. The van der Waals surface area contributed by atoms with E-state index in [-0.39, 0.29) is 17.8 Å². The molecule has 0 radical (unpaired) electrons. The van der Waals surface area contributed by atoms with Gasteiger partial charge in [-0.15, -0.1) is 0 Å². The van der Waals surface area contributed by atoms with Crippen LogP contribution in [0.25, 0.3) is 0 Å². The van der Waals surface area contributed by atoms with Crippen molar-refractivity contribution in [2.75, 3.05) is 6.61 Å².